The van der Waals surface area contributed by atoms with Crippen molar-refractivity contribution in [1.82, 2.24) is 15.5 Å². The van der Waals surface area contributed by atoms with Gasteiger partial charge in [-0.3, -0.25) is 14.6 Å². The number of benzene rings is 1. The lowest BCUT2D eigenvalue weighted by Gasteiger charge is -2.03. The Morgan fingerprint density at radius 1 is 1.08 bits per heavy atom. The van der Waals surface area contributed by atoms with Gasteiger partial charge in [0.15, 0.2) is 11.5 Å². The van der Waals surface area contributed by atoms with Gasteiger partial charge in [0.1, 0.15) is 17.0 Å². The van der Waals surface area contributed by atoms with Crippen molar-refractivity contribution in [2.45, 2.75) is 6.42 Å². The van der Waals surface area contributed by atoms with Gasteiger partial charge in [-0.1, -0.05) is 41.6 Å². The number of carbonyl (C=O) groups excluding carboxylic acids is 2. The van der Waals surface area contributed by atoms with Crippen LogP contribution in [-0.4, -0.2) is 28.9 Å². The number of amides is 1. The van der Waals surface area contributed by atoms with E-state index in [2.05, 4.69) is 15.5 Å². The molecular weight excluding hydrogens is 306 g/mol. The van der Waals surface area contributed by atoms with E-state index in [9.17, 15) is 9.59 Å². The number of rotatable bonds is 5. The lowest BCUT2D eigenvalue weighted by Crippen LogP contribution is -2.20. The van der Waals surface area contributed by atoms with Gasteiger partial charge in [0.25, 0.3) is 5.91 Å². The fourth-order valence-corrected chi connectivity index (χ4v) is 2.36. The van der Waals surface area contributed by atoms with Crippen LogP contribution in [0, 0.1) is 0 Å². The minimum absolute atomic E-state index is 0.0837. The van der Waals surface area contributed by atoms with Crippen LogP contribution >= 0.6 is 0 Å². The summed E-state index contributed by atoms with van der Waals surface area (Å²) in [6.45, 7) is 0. The third kappa shape index (κ3) is 3.08. The summed E-state index contributed by atoms with van der Waals surface area (Å²) in [6, 6.07) is 14.3. The van der Waals surface area contributed by atoms with Gasteiger partial charge in [-0.25, -0.2) is 0 Å². The van der Waals surface area contributed by atoms with Crippen molar-refractivity contribution in [2.75, 3.05) is 7.05 Å². The van der Waals surface area contributed by atoms with Crippen molar-refractivity contribution in [3.05, 3.63) is 71.7 Å². The van der Waals surface area contributed by atoms with Gasteiger partial charge in [-0.15, -0.1) is 0 Å². The van der Waals surface area contributed by atoms with Crippen LogP contribution in [0.15, 0.2) is 59.3 Å². The average Bonchev–Trinajstić information content (AvgIpc) is 3.06. The van der Waals surface area contributed by atoms with Crippen LogP contribution in [0.2, 0.25) is 0 Å². The van der Waals surface area contributed by atoms with Crippen molar-refractivity contribution in [3.8, 4) is 11.3 Å². The van der Waals surface area contributed by atoms with Crippen LogP contribution in [0.3, 0.4) is 0 Å². The van der Waals surface area contributed by atoms with Crippen LogP contribution in [-0.2, 0) is 6.42 Å². The highest BCUT2D eigenvalue weighted by molar-refractivity contribution is 6.03. The van der Waals surface area contributed by atoms with Crippen LogP contribution in [0.5, 0.6) is 0 Å². The maximum Gasteiger partial charge on any atom is 0.256 e. The SMILES string of the molecule is CNC(=O)c1c(-c2ccccc2)noc1CC(=O)c1ccccn1. The molecule has 120 valence electrons. The number of nitrogens with zero attached hydrogens (tertiary/aromatic N) is 2. The van der Waals surface area contributed by atoms with Crippen molar-refractivity contribution >= 4 is 11.7 Å². The maximum absolute atomic E-state index is 12.3. The fraction of sp³-hybridized carbons (Fsp3) is 0.111. The Hall–Kier alpha value is -3.28. The fourth-order valence-electron chi connectivity index (χ4n) is 2.36. The summed E-state index contributed by atoms with van der Waals surface area (Å²) in [5, 5.41) is 6.56. The molecule has 0 saturated heterocycles. The molecule has 3 rings (SSSR count). The molecule has 6 nitrogen and oxygen atoms in total. The smallest absolute Gasteiger partial charge is 0.256 e. The molecule has 3 aromatic rings. The Bertz CT molecular complexity index is 858. The maximum atomic E-state index is 12.3. The van der Waals surface area contributed by atoms with E-state index in [-0.39, 0.29) is 29.4 Å². The van der Waals surface area contributed by atoms with E-state index >= 15 is 0 Å². The Kier molecular flexibility index (Phi) is 4.47. The predicted octanol–water partition coefficient (Wildman–Crippen LogP) is 2.52. The monoisotopic (exact) mass is 321 g/mol. The summed E-state index contributed by atoms with van der Waals surface area (Å²) in [7, 11) is 1.52. The predicted molar refractivity (Wildman–Crippen MR) is 87.6 cm³/mol. The Morgan fingerprint density at radius 3 is 2.50 bits per heavy atom. The van der Waals surface area contributed by atoms with Gasteiger partial charge >= 0.3 is 0 Å². The van der Waals surface area contributed by atoms with Gasteiger partial charge in [0.2, 0.25) is 0 Å². The van der Waals surface area contributed by atoms with Gasteiger partial charge in [-0.05, 0) is 12.1 Å². The van der Waals surface area contributed by atoms with E-state index in [1.165, 1.54) is 7.05 Å². The number of hydrogen-bond acceptors (Lipinski definition) is 5. The van der Waals surface area contributed by atoms with E-state index in [0.29, 0.717) is 11.4 Å². The molecule has 2 heterocycles. The van der Waals surface area contributed by atoms with E-state index in [1.807, 2.05) is 30.3 Å². The number of pyridine rings is 1. The summed E-state index contributed by atoms with van der Waals surface area (Å²) < 4.78 is 5.31. The van der Waals surface area contributed by atoms with Crippen molar-refractivity contribution in [3.63, 3.8) is 0 Å². The number of nitrogens with one attached hydrogen (secondary N) is 1. The molecule has 0 saturated carbocycles. The van der Waals surface area contributed by atoms with Gasteiger partial charge in [0.05, 0.1) is 6.42 Å². The molecule has 1 aromatic carbocycles. The van der Waals surface area contributed by atoms with Gasteiger partial charge < -0.3 is 9.84 Å². The van der Waals surface area contributed by atoms with Crippen LogP contribution in [0.25, 0.3) is 11.3 Å². The second kappa shape index (κ2) is 6.87. The zero-order chi connectivity index (χ0) is 16.9. The molecule has 0 unspecified atom stereocenters. The molecular formula is C18H15N3O3. The highest BCUT2D eigenvalue weighted by atomic mass is 16.5. The van der Waals surface area contributed by atoms with Gasteiger partial charge in [0, 0.05) is 18.8 Å². The first-order valence-electron chi connectivity index (χ1n) is 7.41. The van der Waals surface area contributed by atoms with Crippen LogP contribution < -0.4 is 5.32 Å². The quantitative estimate of drug-likeness (QED) is 0.730. The van der Waals surface area contributed by atoms with Crippen molar-refractivity contribution in [2.24, 2.45) is 0 Å². The first kappa shape index (κ1) is 15.6. The zero-order valence-corrected chi connectivity index (χ0v) is 13.0. The molecule has 1 amide bonds. The Labute approximate surface area is 138 Å². The minimum Gasteiger partial charge on any atom is -0.359 e. The standard InChI is InChI=1S/C18H15N3O3/c1-19-18(23)16-15(11-14(22)13-9-5-6-10-20-13)24-21-17(16)12-7-3-2-4-8-12/h2-10H,11H2,1H3,(H,19,23). The Morgan fingerprint density at radius 2 is 1.83 bits per heavy atom. The molecule has 1 N–H and O–H groups in total. The lowest BCUT2D eigenvalue weighted by molar-refractivity contribution is 0.0959. The highest BCUT2D eigenvalue weighted by Crippen LogP contribution is 2.26. The number of Topliss-reactive ketones (excluding diaryl/α,β-unsaturated/α-hetero) is 1. The molecule has 0 aliphatic rings. The largest absolute Gasteiger partial charge is 0.359 e. The van der Waals surface area contributed by atoms with E-state index in [0.717, 1.165) is 5.56 Å². The van der Waals surface area contributed by atoms with Gasteiger partial charge in [-0.2, -0.15) is 0 Å². The first-order chi connectivity index (χ1) is 11.7. The van der Waals surface area contributed by atoms with Crippen LogP contribution in [0.4, 0.5) is 0 Å². The van der Waals surface area contributed by atoms with Crippen molar-refractivity contribution in [1.29, 1.82) is 0 Å². The molecule has 0 aliphatic heterocycles. The molecule has 0 spiro atoms. The summed E-state index contributed by atoms with van der Waals surface area (Å²) in [5.74, 6) is -0.362. The van der Waals surface area contributed by atoms with E-state index in [1.54, 1.807) is 24.4 Å². The number of aromatic nitrogens is 2. The first-order valence-corrected chi connectivity index (χ1v) is 7.41. The second-order valence-electron chi connectivity index (χ2n) is 5.09. The lowest BCUT2D eigenvalue weighted by atomic mass is 10.0. The summed E-state index contributed by atoms with van der Waals surface area (Å²) in [5.41, 5.74) is 1.75. The summed E-state index contributed by atoms with van der Waals surface area (Å²) in [4.78, 5) is 28.6. The van der Waals surface area contributed by atoms with E-state index in [4.69, 9.17) is 4.52 Å². The highest BCUT2D eigenvalue weighted by Gasteiger charge is 2.25. The average molecular weight is 321 g/mol. The summed E-state index contributed by atoms with van der Waals surface area (Å²) in [6.07, 6.45) is 1.46. The molecule has 0 atom stereocenters. The Balaban J connectivity index is 1.98. The molecule has 6 heteroatoms. The molecule has 0 radical (unpaired) electrons. The zero-order valence-electron chi connectivity index (χ0n) is 13.0. The number of ketones is 1. The molecule has 0 aliphatic carbocycles. The third-order valence-electron chi connectivity index (χ3n) is 3.54. The number of hydrogen-bond donors (Lipinski definition) is 1. The summed E-state index contributed by atoms with van der Waals surface area (Å²) >= 11 is 0. The second-order valence-corrected chi connectivity index (χ2v) is 5.09. The topological polar surface area (TPSA) is 85.1 Å². The molecule has 0 bridgehead atoms. The minimum atomic E-state index is -0.348. The molecule has 24 heavy (non-hydrogen) atoms. The molecule has 2 aromatic heterocycles. The normalized spacial score (nSPS) is 10.4. The number of carbonyl (C=O) groups is 2. The third-order valence-corrected chi connectivity index (χ3v) is 3.54. The van der Waals surface area contributed by atoms with Crippen LogP contribution in [0.1, 0.15) is 26.6 Å². The molecule has 0 fully saturated rings. The van der Waals surface area contributed by atoms with Crippen molar-refractivity contribution < 1.29 is 14.1 Å². The van der Waals surface area contributed by atoms with E-state index < -0.39 is 0 Å².